The summed E-state index contributed by atoms with van der Waals surface area (Å²) in [5.74, 6) is 2.81. The van der Waals surface area contributed by atoms with Crippen LogP contribution in [0.4, 0.5) is 0 Å². The molecule has 0 radical (unpaired) electrons. The molecule has 0 saturated heterocycles. The maximum absolute atomic E-state index is 5.45. The van der Waals surface area contributed by atoms with Gasteiger partial charge in [0, 0.05) is 6.42 Å². The van der Waals surface area contributed by atoms with Crippen molar-refractivity contribution in [3.05, 3.63) is 35.6 Å². The van der Waals surface area contributed by atoms with Gasteiger partial charge in [-0.3, -0.25) is 0 Å². The fraction of sp³-hybridized carbons (Fsp3) is 0.385. The maximum atomic E-state index is 5.45. The number of alkyl halides is 6. The molecule has 126 valence electrons. The summed E-state index contributed by atoms with van der Waals surface area (Å²) in [7, 11) is 0. The van der Waals surface area contributed by atoms with Crippen LogP contribution in [0.2, 0.25) is 0 Å². The Labute approximate surface area is 184 Å². The van der Waals surface area contributed by atoms with E-state index in [4.69, 9.17) is 4.42 Å². The third-order valence-electron chi connectivity index (χ3n) is 2.80. The zero-order valence-corrected chi connectivity index (χ0v) is 21.2. The van der Waals surface area contributed by atoms with E-state index in [1.165, 1.54) is 0 Å². The van der Waals surface area contributed by atoms with Gasteiger partial charge in [-0.15, -0.1) is 0 Å². The Morgan fingerprint density at radius 3 is 2.09 bits per heavy atom. The molecule has 2 rings (SSSR count). The number of nitrogens with zero attached hydrogens (tertiary/aromatic N) is 2. The second-order valence-corrected chi connectivity index (χ2v) is 18.1. The highest BCUT2D eigenvalue weighted by Crippen LogP contribution is 2.39. The smallest absolute Gasteiger partial charge is 0.192 e. The van der Waals surface area contributed by atoms with Gasteiger partial charge in [-0.2, -0.15) is 0 Å². The number of amidine groups is 2. The highest BCUT2D eigenvalue weighted by molar-refractivity contribution is 9.40. The van der Waals surface area contributed by atoms with Crippen molar-refractivity contribution < 1.29 is 4.42 Å². The monoisotopic (exact) mass is 699 g/mol. The molecule has 0 unspecified atom stereocenters. The number of allylic oxidation sites excluding steroid dienone is 1. The SMILES string of the molecule is CCc1cc(CC=C2N=C(C(Br)(Br)Br)NC(C(Br)(Br)Br)=N2)co1. The first-order valence-corrected chi connectivity index (χ1v) is 11.2. The van der Waals surface area contributed by atoms with Crippen molar-refractivity contribution in [3.8, 4) is 0 Å². The van der Waals surface area contributed by atoms with Crippen LogP contribution in [0.5, 0.6) is 0 Å². The number of aliphatic imine (C=N–C) groups is 2. The first-order valence-electron chi connectivity index (χ1n) is 6.45. The molecule has 1 aliphatic rings. The van der Waals surface area contributed by atoms with E-state index in [2.05, 4.69) is 118 Å². The van der Waals surface area contributed by atoms with Gasteiger partial charge in [-0.25, -0.2) is 9.98 Å². The number of hydrogen-bond acceptors (Lipinski definition) is 4. The number of nitrogens with one attached hydrogen (secondary N) is 1. The van der Waals surface area contributed by atoms with E-state index in [-0.39, 0.29) is 0 Å². The number of furan rings is 1. The van der Waals surface area contributed by atoms with E-state index in [0.29, 0.717) is 23.9 Å². The van der Waals surface area contributed by atoms with Gasteiger partial charge in [0.1, 0.15) is 17.4 Å². The highest BCUT2D eigenvalue weighted by Gasteiger charge is 2.35. The van der Waals surface area contributed by atoms with E-state index in [9.17, 15) is 0 Å². The van der Waals surface area contributed by atoms with Gasteiger partial charge in [0.05, 0.1) is 6.26 Å². The van der Waals surface area contributed by atoms with E-state index >= 15 is 0 Å². The van der Waals surface area contributed by atoms with Crippen LogP contribution in [0.15, 0.2) is 38.6 Å². The molecule has 0 saturated carbocycles. The van der Waals surface area contributed by atoms with Crippen LogP contribution in [-0.2, 0) is 12.8 Å². The van der Waals surface area contributed by atoms with Gasteiger partial charge < -0.3 is 9.73 Å². The molecule has 0 fully saturated rings. The molecule has 4 nitrogen and oxygen atoms in total. The van der Waals surface area contributed by atoms with E-state index < -0.39 is 4.29 Å². The Kier molecular flexibility index (Phi) is 7.22. The van der Waals surface area contributed by atoms with Crippen molar-refractivity contribution in [3.63, 3.8) is 0 Å². The molecule has 0 aromatic carbocycles. The normalized spacial score (nSPS) is 15.9. The predicted molar refractivity (Wildman–Crippen MR) is 117 cm³/mol. The summed E-state index contributed by atoms with van der Waals surface area (Å²) >= 11 is 20.8. The van der Waals surface area contributed by atoms with Crippen LogP contribution in [0.3, 0.4) is 0 Å². The molecule has 10 heteroatoms. The van der Waals surface area contributed by atoms with Crippen LogP contribution in [0.25, 0.3) is 0 Å². The molecule has 0 bridgehead atoms. The largest absolute Gasteiger partial charge is 0.469 e. The molecule has 0 aliphatic carbocycles. The quantitative estimate of drug-likeness (QED) is 0.376. The average Bonchev–Trinajstić information content (AvgIpc) is 2.91. The van der Waals surface area contributed by atoms with Crippen molar-refractivity contribution in [2.45, 2.75) is 24.1 Å². The van der Waals surface area contributed by atoms with Crippen LogP contribution in [-0.4, -0.2) is 16.0 Å². The summed E-state index contributed by atoms with van der Waals surface area (Å²) in [6, 6.07) is 2.04. The first-order chi connectivity index (χ1) is 10.6. The third-order valence-corrected chi connectivity index (χ3v) is 5.06. The Bertz CT molecular complexity index is 634. The minimum atomic E-state index is -0.670. The van der Waals surface area contributed by atoms with E-state index in [0.717, 1.165) is 17.7 Å². The van der Waals surface area contributed by atoms with Gasteiger partial charge in [0.15, 0.2) is 10.1 Å². The molecule has 1 aliphatic heterocycles. The summed E-state index contributed by atoms with van der Waals surface area (Å²) < 4.78 is 4.11. The van der Waals surface area contributed by atoms with Crippen molar-refractivity contribution >= 4 is 107 Å². The van der Waals surface area contributed by atoms with E-state index in [1.807, 2.05) is 12.1 Å². The lowest BCUT2D eigenvalue weighted by atomic mass is 10.2. The number of aryl methyl sites for hydroxylation is 1. The Morgan fingerprint density at radius 1 is 1.09 bits per heavy atom. The summed E-state index contributed by atoms with van der Waals surface area (Å²) in [6.45, 7) is 2.06. The topological polar surface area (TPSA) is 49.9 Å². The summed E-state index contributed by atoms with van der Waals surface area (Å²) in [5.41, 5.74) is 1.09. The van der Waals surface area contributed by atoms with Crippen molar-refractivity contribution in [1.82, 2.24) is 5.32 Å². The van der Waals surface area contributed by atoms with Gasteiger partial charge in [0.25, 0.3) is 0 Å². The fourth-order valence-corrected chi connectivity index (χ4v) is 2.84. The van der Waals surface area contributed by atoms with Gasteiger partial charge in [0.2, 0.25) is 0 Å². The molecule has 23 heavy (non-hydrogen) atoms. The molecule has 2 heterocycles. The fourth-order valence-electron chi connectivity index (χ4n) is 1.71. The van der Waals surface area contributed by atoms with Gasteiger partial charge >= 0.3 is 0 Å². The second kappa shape index (κ2) is 8.16. The van der Waals surface area contributed by atoms with Gasteiger partial charge in [-0.05, 0) is 24.1 Å². The molecule has 0 spiro atoms. The summed E-state index contributed by atoms with van der Waals surface area (Å²) in [6.07, 6.45) is 5.28. The lowest BCUT2D eigenvalue weighted by Gasteiger charge is -2.26. The minimum Gasteiger partial charge on any atom is -0.469 e. The van der Waals surface area contributed by atoms with Crippen LogP contribution >= 0.6 is 95.6 Å². The molecule has 1 N–H and O–H groups in total. The van der Waals surface area contributed by atoms with Crippen molar-refractivity contribution in [2.75, 3.05) is 0 Å². The highest BCUT2D eigenvalue weighted by atomic mass is 80.0. The molecular weight excluding hydrogens is 694 g/mol. The lowest BCUT2D eigenvalue weighted by molar-refractivity contribution is 0.514. The van der Waals surface area contributed by atoms with Gasteiger partial charge in [-0.1, -0.05) is 103 Å². The molecule has 1 aromatic heterocycles. The molecule has 0 atom stereocenters. The van der Waals surface area contributed by atoms with Crippen molar-refractivity contribution in [2.24, 2.45) is 9.98 Å². The summed E-state index contributed by atoms with van der Waals surface area (Å²) in [5, 5.41) is 3.13. The van der Waals surface area contributed by atoms with Crippen LogP contribution < -0.4 is 5.32 Å². The standard InChI is InChI=1S/C13H11Br6N3O/c1-2-8-5-7(6-23-8)3-4-9-20-10(12(14,15)16)22-11(21-9)13(17,18)19/h4-6H,2-3H2,1H3,(H,20,21,22). The first kappa shape index (κ1) is 20.4. The van der Waals surface area contributed by atoms with Crippen molar-refractivity contribution in [1.29, 1.82) is 0 Å². The number of halogens is 6. The Balaban J connectivity index is 2.28. The number of rotatable bonds is 3. The molecule has 1 aromatic rings. The minimum absolute atomic E-state index is 0.596. The average molecular weight is 705 g/mol. The van der Waals surface area contributed by atoms with Crippen LogP contribution in [0.1, 0.15) is 18.2 Å². The molecular formula is C13H11Br6N3O. The zero-order valence-electron chi connectivity index (χ0n) is 11.7. The maximum Gasteiger partial charge on any atom is 0.192 e. The Morgan fingerprint density at radius 2 is 1.65 bits per heavy atom. The van der Waals surface area contributed by atoms with E-state index in [1.54, 1.807) is 6.26 Å². The predicted octanol–water partition coefficient (Wildman–Crippen LogP) is 6.30. The lowest BCUT2D eigenvalue weighted by Crippen LogP contribution is -2.45. The molecule has 0 amide bonds. The zero-order chi connectivity index (χ0) is 17.3. The second-order valence-electron chi connectivity index (χ2n) is 4.58. The summed E-state index contributed by atoms with van der Waals surface area (Å²) in [4.78, 5) is 9.01. The Hall–Kier alpha value is 1.04. The number of hydrogen-bond donors (Lipinski definition) is 1. The van der Waals surface area contributed by atoms with Crippen LogP contribution in [0, 0.1) is 0 Å². The third kappa shape index (κ3) is 6.06.